The van der Waals surface area contributed by atoms with Gasteiger partial charge in [0.15, 0.2) is 0 Å². The van der Waals surface area contributed by atoms with E-state index in [1.165, 1.54) is 0 Å². The highest BCUT2D eigenvalue weighted by atomic mass is 16.5. The van der Waals surface area contributed by atoms with Crippen LogP contribution in [0.5, 0.6) is 5.75 Å². The van der Waals surface area contributed by atoms with Crippen LogP contribution in [-0.4, -0.2) is 22.6 Å². The smallest absolute Gasteiger partial charge is 0.338 e. The Morgan fingerprint density at radius 1 is 1.22 bits per heavy atom. The van der Waals surface area contributed by atoms with Crippen molar-refractivity contribution in [1.82, 2.24) is 4.40 Å². The Bertz CT molecular complexity index is 877. The SMILES string of the molecule is COc1ccc(-c2cn3ccccc3c2C(=O)O)cc1C(C)C. The minimum absolute atomic E-state index is 0.287. The minimum atomic E-state index is -0.921. The topological polar surface area (TPSA) is 50.9 Å². The van der Waals surface area contributed by atoms with Gasteiger partial charge in [0.05, 0.1) is 18.2 Å². The van der Waals surface area contributed by atoms with Crippen molar-refractivity contribution in [2.24, 2.45) is 0 Å². The lowest BCUT2D eigenvalue weighted by Gasteiger charge is -2.13. The number of fused-ring (bicyclic) bond motifs is 1. The van der Waals surface area contributed by atoms with Crippen molar-refractivity contribution in [3.05, 3.63) is 59.9 Å². The van der Waals surface area contributed by atoms with Gasteiger partial charge in [-0.1, -0.05) is 26.0 Å². The van der Waals surface area contributed by atoms with E-state index in [1.807, 2.05) is 53.2 Å². The lowest BCUT2D eigenvalue weighted by Crippen LogP contribution is -1.99. The summed E-state index contributed by atoms with van der Waals surface area (Å²) in [5.41, 5.74) is 3.68. The normalized spacial score (nSPS) is 11.1. The van der Waals surface area contributed by atoms with Crippen molar-refractivity contribution in [2.45, 2.75) is 19.8 Å². The highest BCUT2D eigenvalue weighted by Gasteiger charge is 2.19. The summed E-state index contributed by atoms with van der Waals surface area (Å²) in [7, 11) is 1.65. The summed E-state index contributed by atoms with van der Waals surface area (Å²) < 4.78 is 7.26. The van der Waals surface area contributed by atoms with Crippen LogP contribution in [0, 0.1) is 0 Å². The highest BCUT2D eigenvalue weighted by molar-refractivity contribution is 6.03. The van der Waals surface area contributed by atoms with Gasteiger partial charge in [-0.25, -0.2) is 4.79 Å². The number of methoxy groups -OCH3 is 1. The molecule has 0 unspecified atom stereocenters. The van der Waals surface area contributed by atoms with Gasteiger partial charge in [0.2, 0.25) is 0 Å². The fourth-order valence-electron chi connectivity index (χ4n) is 2.92. The van der Waals surface area contributed by atoms with E-state index in [9.17, 15) is 9.90 Å². The molecule has 4 heteroatoms. The van der Waals surface area contributed by atoms with Crippen LogP contribution in [0.4, 0.5) is 0 Å². The van der Waals surface area contributed by atoms with E-state index < -0.39 is 5.97 Å². The minimum Gasteiger partial charge on any atom is -0.496 e. The van der Waals surface area contributed by atoms with Crippen molar-refractivity contribution >= 4 is 11.5 Å². The summed E-state index contributed by atoms with van der Waals surface area (Å²) in [6.07, 6.45) is 3.73. The van der Waals surface area contributed by atoms with E-state index >= 15 is 0 Å². The summed E-state index contributed by atoms with van der Waals surface area (Å²) in [5.74, 6) is 0.190. The summed E-state index contributed by atoms with van der Waals surface area (Å²) in [4.78, 5) is 11.8. The van der Waals surface area contributed by atoms with Gasteiger partial charge in [-0.05, 0) is 41.3 Å². The molecule has 4 nitrogen and oxygen atoms in total. The lowest BCUT2D eigenvalue weighted by atomic mass is 9.95. The molecular weight excluding hydrogens is 290 g/mol. The Morgan fingerprint density at radius 2 is 2.00 bits per heavy atom. The number of aromatic nitrogens is 1. The third-order valence-electron chi connectivity index (χ3n) is 4.06. The molecule has 0 spiro atoms. The summed E-state index contributed by atoms with van der Waals surface area (Å²) >= 11 is 0. The van der Waals surface area contributed by atoms with Crippen molar-refractivity contribution in [3.8, 4) is 16.9 Å². The molecule has 0 fully saturated rings. The summed E-state index contributed by atoms with van der Waals surface area (Å²) in [5, 5.41) is 9.66. The van der Waals surface area contributed by atoms with Gasteiger partial charge in [-0.2, -0.15) is 0 Å². The Balaban J connectivity index is 2.26. The first kappa shape index (κ1) is 15.2. The van der Waals surface area contributed by atoms with Crippen molar-refractivity contribution in [2.75, 3.05) is 7.11 Å². The largest absolute Gasteiger partial charge is 0.496 e. The second-order valence-corrected chi connectivity index (χ2v) is 5.83. The zero-order chi connectivity index (χ0) is 16.6. The highest BCUT2D eigenvalue weighted by Crippen LogP contribution is 2.34. The Labute approximate surface area is 135 Å². The van der Waals surface area contributed by atoms with E-state index in [0.717, 1.165) is 16.9 Å². The Morgan fingerprint density at radius 3 is 2.65 bits per heavy atom. The number of ether oxygens (including phenoxy) is 1. The maximum Gasteiger partial charge on any atom is 0.338 e. The molecule has 3 aromatic rings. The molecule has 0 atom stereocenters. The fourth-order valence-corrected chi connectivity index (χ4v) is 2.92. The number of benzene rings is 1. The van der Waals surface area contributed by atoms with E-state index in [-0.39, 0.29) is 5.92 Å². The maximum atomic E-state index is 11.8. The van der Waals surface area contributed by atoms with Crippen LogP contribution < -0.4 is 4.74 Å². The van der Waals surface area contributed by atoms with Crippen LogP contribution in [-0.2, 0) is 0 Å². The number of aromatic carboxylic acids is 1. The average molecular weight is 309 g/mol. The van der Waals surface area contributed by atoms with Crippen LogP contribution in [0.2, 0.25) is 0 Å². The molecule has 1 aromatic carbocycles. The zero-order valence-electron chi connectivity index (χ0n) is 13.4. The maximum absolute atomic E-state index is 11.8. The summed E-state index contributed by atoms with van der Waals surface area (Å²) in [6, 6.07) is 11.4. The molecule has 0 aliphatic heterocycles. The molecule has 0 aliphatic carbocycles. The number of pyridine rings is 1. The Kier molecular flexibility index (Phi) is 3.82. The third-order valence-corrected chi connectivity index (χ3v) is 4.06. The fraction of sp³-hybridized carbons (Fsp3) is 0.211. The monoisotopic (exact) mass is 309 g/mol. The van der Waals surface area contributed by atoms with E-state index in [0.29, 0.717) is 16.6 Å². The van der Waals surface area contributed by atoms with Crippen LogP contribution in [0.3, 0.4) is 0 Å². The van der Waals surface area contributed by atoms with Gasteiger partial charge in [-0.15, -0.1) is 0 Å². The molecule has 0 saturated heterocycles. The number of hydrogen-bond donors (Lipinski definition) is 1. The molecule has 3 rings (SSSR count). The number of nitrogens with zero attached hydrogens (tertiary/aromatic N) is 1. The Hall–Kier alpha value is -2.75. The van der Waals surface area contributed by atoms with Gasteiger partial charge in [0.25, 0.3) is 0 Å². The number of carboxylic acid groups (broad SMARTS) is 1. The van der Waals surface area contributed by atoms with Crippen LogP contribution in [0.15, 0.2) is 48.8 Å². The molecule has 0 radical (unpaired) electrons. The predicted molar refractivity (Wildman–Crippen MR) is 90.4 cm³/mol. The molecular formula is C19H19NO3. The van der Waals surface area contributed by atoms with Gasteiger partial charge in [0, 0.05) is 18.0 Å². The molecule has 0 saturated carbocycles. The molecule has 1 N–H and O–H groups in total. The van der Waals surface area contributed by atoms with Crippen molar-refractivity contribution in [1.29, 1.82) is 0 Å². The molecule has 0 amide bonds. The van der Waals surface area contributed by atoms with E-state index in [4.69, 9.17) is 4.74 Å². The first-order valence-corrected chi connectivity index (χ1v) is 7.54. The average Bonchev–Trinajstić information content (AvgIpc) is 2.93. The van der Waals surface area contributed by atoms with Crippen LogP contribution in [0.25, 0.3) is 16.6 Å². The lowest BCUT2D eigenvalue weighted by molar-refractivity contribution is 0.0700. The molecule has 0 aliphatic rings. The van der Waals surface area contributed by atoms with Gasteiger partial charge in [0.1, 0.15) is 5.75 Å². The van der Waals surface area contributed by atoms with Crippen LogP contribution >= 0.6 is 0 Å². The molecule has 118 valence electrons. The van der Waals surface area contributed by atoms with E-state index in [2.05, 4.69) is 13.8 Å². The molecule has 2 heterocycles. The number of hydrogen-bond acceptors (Lipinski definition) is 2. The molecule has 2 aromatic heterocycles. The number of carboxylic acids is 1. The third kappa shape index (κ3) is 2.57. The second-order valence-electron chi connectivity index (χ2n) is 5.83. The van der Waals surface area contributed by atoms with Crippen molar-refractivity contribution < 1.29 is 14.6 Å². The van der Waals surface area contributed by atoms with Crippen LogP contribution in [0.1, 0.15) is 35.7 Å². The summed E-state index contributed by atoms with van der Waals surface area (Å²) in [6.45, 7) is 4.19. The second kappa shape index (κ2) is 5.80. The quantitative estimate of drug-likeness (QED) is 0.775. The van der Waals surface area contributed by atoms with Gasteiger partial charge >= 0.3 is 5.97 Å². The van der Waals surface area contributed by atoms with Crippen molar-refractivity contribution in [3.63, 3.8) is 0 Å². The standard InChI is InChI=1S/C19H19NO3/c1-12(2)14-10-13(7-8-17(14)23-3)15-11-20-9-5-4-6-16(20)18(15)19(21)22/h4-12H,1-3H3,(H,21,22). The van der Waals surface area contributed by atoms with Gasteiger partial charge in [-0.3, -0.25) is 0 Å². The predicted octanol–water partition coefficient (Wildman–Crippen LogP) is 4.44. The first-order valence-electron chi connectivity index (χ1n) is 7.54. The zero-order valence-corrected chi connectivity index (χ0v) is 13.4. The van der Waals surface area contributed by atoms with Gasteiger partial charge < -0.3 is 14.2 Å². The number of carbonyl (C=O) groups is 1. The number of rotatable bonds is 4. The molecule has 23 heavy (non-hydrogen) atoms. The first-order chi connectivity index (χ1) is 11.0. The molecule has 0 bridgehead atoms. The van der Waals surface area contributed by atoms with E-state index in [1.54, 1.807) is 7.11 Å².